The number of nitrogens with zero attached hydrogens (tertiary/aromatic N) is 1. The Morgan fingerprint density at radius 3 is 2.78 bits per heavy atom. The minimum absolute atomic E-state index is 0.0657. The van der Waals surface area contributed by atoms with E-state index in [1.165, 1.54) is 42.8 Å². The van der Waals surface area contributed by atoms with Gasteiger partial charge in [-0.15, -0.1) is 11.3 Å². The molecule has 6 nitrogen and oxygen atoms in total. The Bertz CT molecular complexity index is 638. The molecule has 1 aromatic carbocycles. The number of hydrogen-bond acceptors (Lipinski definition) is 6. The predicted molar refractivity (Wildman–Crippen MR) is 70.3 cm³/mol. The summed E-state index contributed by atoms with van der Waals surface area (Å²) in [6.07, 6.45) is 1.52. The molecule has 0 spiro atoms. The van der Waals surface area contributed by atoms with Crippen LogP contribution >= 0.6 is 11.3 Å². The molecule has 3 N–H and O–H groups in total. The summed E-state index contributed by atoms with van der Waals surface area (Å²) in [5.74, 6) is 0.434. The third-order valence-electron chi connectivity index (χ3n) is 2.17. The predicted octanol–water partition coefficient (Wildman–Crippen LogP) is 1.53. The monoisotopic (exact) mass is 285 g/mol. The van der Waals surface area contributed by atoms with Crippen molar-refractivity contribution in [1.29, 1.82) is 0 Å². The van der Waals surface area contributed by atoms with Crippen LogP contribution in [-0.2, 0) is 10.0 Å². The van der Waals surface area contributed by atoms with Gasteiger partial charge in [0.25, 0.3) is 10.0 Å². The first-order valence-electron chi connectivity index (χ1n) is 4.89. The molecule has 96 valence electrons. The molecule has 0 amide bonds. The maximum atomic E-state index is 12.0. The van der Waals surface area contributed by atoms with Crippen molar-refractivity contribution >= 4 is 32.2 Å². The van der Waals surface area contributed by atoms with E-state index in [1.54, 1.807) is 5.38 Å². The Labute approximate surface area is 108 Å². The smallest absolute Gasteiger partial charge is 0.263 e. The second kappa shape index (κ2) is 4.83. The summed E-state index contributed by atoms with van der Waals surface area (Å²) in [6, 6.07) is 4.27. The molecule has 0 atom stereocenters. The standard InChI is InChI=1S/C10H11N3O3S2/c1-16-9-3-2-7(6-8(9)11)18(14,15)13-10-12-4-5-17-10/h2-6H,11H2,1H3,(H,12,13). The summed E-state index contributed by atoms with van der Waals surface area (Å²) in [5, 5.41) is 1.99. The lowest BCUT2D eigenvalue weighted by Gasteiger charge is -2.08. The number of hydrogen-bond donors (Lipinski definition) is 2. The average Bonchev–Trinajstić information content (AvgIpc) is 2.81. The Hall–Kier alpha value is -1.80. The van der Waals surface area contributed by atoms with Gasteiger partial charge in [-0.1, -0.05) is 0 Å². The molecule has 0 aliphatic carbocycles. The van der Waals surface area contributed by atoms with Crippen LogP contribution in [-0.4, -0.2) is 20.5 Å². The van der Waals surface area contributed by atoms with Crippen LogP contribution in [0.1, 0.15) is 0 Å². The van der Waals surface area contributed by atoms with E-state index in [2.05, 4.69) is 9.71 Å². The summed E-state index contributed by atoms with van der Waals surface area (Å²) in [4.78, 5) is 3.92. The van der Waals surface area contributed by atoms with Crippen molar-refractivity contribution in [1.82, 2.24) is 4.98 Å². The van der Waals surface area contributed by atoms with Gasteiger partial charge < -0.3 is 10.5 Å². The third kappa shape index (κ3) is 2.54. The van der Waals surface area contributed by atoms with Crippen molar-refractivity contribution in [3.8, 4) is 5.75 Å². The fourth-order valence-electron chi connectivity index (χ4n) is 1.33. The van der Waals surface area contributed by atoms with Gasteiger partial charge in [0, 0.05) is 11.6 Å². The maximum Gasteiger partial charge on any atom is 0.263 e. The van der Waals surface area contributed by atoms with Crippen molar-refractivity contribution < 1.29 is 13.2 Å². The number of nitrogens with one attached hydrogen (secondary N) is 1. The quantitative estimate of drug-likeness (QED) is 0.831. The van der Waals surface area contributed by atoms with Crippen LogP contribution in [0.25, 0.3) is 0 Å². The lowest BCUT2D eigenvalue weighted by molar-refractivity contribution is 0.416. The molecule has 0 bridgehead atoms. The van der Waals surface area contributed by atoms with Gasteiger partial charge in [-0.3, -0.25) is 4.72 Å². The zero-order valence-electron chi connectivity index (χ0n) is 9.45. The highest BCUT2D eigenvalue weighted by Gasteiger charge is 2.16. The molecule has 8 heteroatoms. The zero-order chi connectivity index (χ0) is 13.2. The third-order valence-corrected chi connectivity index (χ3v) is 4.32. The van der Waals surface area contributed by atoms with Crippen LogP contribution in [0.5, 0.6) is 5.75 Å². The Kier molecular flexibility index (Phi) is 3.39. The van der Waals surface area contributed by atoms with Gasteiger partial charge in [-0.2, -0.15) is 0 Å². The number of aromatic nitrogens is 1. The van der Waals surface area contributed by atoms with E-state index >= 15 is 0 Å². The molecule has 0 radical (unpaired) electrons. The number of thiazole rings is 1. The number of ether oxygens (including phenoxy) is 1. The van der Waals surface area contributed by atoms with Crippen LogP contribution in [0.4, 0.5) is 10.8 Å². The van der Waals surface area contributed by atoms with E-state index in [0.29, 0.717) is 10.9 Å². The fraction of sp³-hybridized carbons (Fsp3) is 0.100. The second-order valence-corrected chi connectivity index (χ2v) is 5.92. The molecular formula is C10H11N3O3S2. The Morgan fingerprint density at radius 2 is 2.22 bits per heavy atom. The summed E-state index contributed by atoms with van der Waals surface area (Å²) >= 11 is 1.20. The number of anilines is 2. The minimum atomic E-state index is -3.67. The molecule has 18 heavy (non-hydrogen) atoms. The molecule has 0 saturated carbocycles. The van der Waals surface area contributed by atoms with Gasteiger partial charge in [0.1, 0.15) is 5.75 Å². The first kappa shape index (κ1) is 12.7. The van der Waals surface area contributed by atoms with E-state index in [-0.39, 0.29) is 10.6 Å². The van der Waals surface area contributed by atoms with E-state index in [9.17, 15) is 8.42 Å². The molecule has 2 aromatic rings. The SMILES string of the molecule is COc1ccc(S(=O)(=O)Nc2nccs2)cc1N. The highest BCUT2D eigenvalue weighted by molar-refractivity contribution is 7.93. The van der Waals surface area contributed by atoms with E-state index in [4.69, 9.17) is 10.5 Å². The molecule has 0 unspecified atom stereocenters. The fourth-order valence-corrected chi connectivity index (χ4v) is 3.15. The first-order chi connectivity index (χ1) is 8.53. The molecule has 0 saturated heterocycles. The van der Waals surface area contributed by atoms with Crippen LogP contribution in [0.2, 0.25) is 0 Å². The van der Waals surface area contributed by atoms with Crippen molar-refractivity contribution in [2.75, 3.05) is 17.6 Å². The van der Waals surface area contributed by atoms with Crippen LogP contribution in [0, 0.1) is 0 Å². The lowest BCUT2D eigenvalue weighted by atomic mass is 10.3. The largest absolute Gasteiger partial charge is 0.495 e. The number of nitrogens with two attached hydrogens (primary N) is 1. The van der Waals surface area contributed by atoms with Gasteiger partial charge in [0.2, 0.25) is 0 Å². The molecular weight excluding hydrogens is 274 g/mol. The number of rotatable bonds is 4. The van der Waals surface area contributed by atoms with Crippen molar-refractivity contribution in [3.05, 3.63) is 29.8 Å². The number of methoxy groups -OCH3 is 1. The summed E-state index contributed by atoms with van der Waals surface area (Å²) in [6.45, 7) is 0. The zero-order valence-corrected chi connectivity index (χ0v) is 11.1. The summed E-state index contributed by atoms with van der Waals surface area (Å²) < 4.78 is 31.4. The highest BCUT2D eigenvalue weighted by Crippen LogP contribution is 2.25. The molecule has 0 aliphatic heterocycles. The molecule has 0 aliphatic rings. The van der Waals surface area contributed by atoms with Crippen molar-refractivity contribution in [2.24, 2.45) is 0 Å². The average molecular weight is 285 g/mol. The first-order valence-corrected chi connectivity index (χ1v) is 7.25. The number of benzene rings is 1. The molecule has 2 rings (SSSR count). The van der Waals surface area contributed by atoms with Crippen molar-refractivity contribution in [3.63, 3.8) is 0 Å². The number of sulfonamides is 1. The van der Waals surface area contributed by atoms with Crippen LogP contribution < -0.4 is 15.2 Å². The Balaban J connectivity index is 2.33. The van der Waals surface area contributed by atoms with Crippen LogP contribution in [0.3, 0.4) is 0 Å². The molecule has 1 aromatic heterocycles. The maximum absolute atomic E-state index is 12.0. The van der Waals surface area contributed by atoms with E-state index in [0.717, 1.165) is 0 Å². The second-order valence-electron chi connectivity index (χ2n) is 3.35. The summed E-state index contributed by atoms with van der Waals surface area (Å²) in [7, 11) is -2.20. The van der Waals surface area contributed by atoms with E-state index in [1.807, 2.05) is 0 Å². The Morgan fingerprint density at radius 1 is 1.44 bits per heavy atom. The normalized spacial score (nSPS) is 11.2. The summed E-state index contributed by atoms with van der Waals surface area (Å²) in [5.41, 5.74) is 5.94. The minimum Gasteiger partial charge on any atom is -0.495 e. The topological polar surface area (TPSA) is 94.3 Å². The number of nitrogen functional groups attached to an aromatic ring is 1. The van der Waals surface area contributed by atoms with Gasteiger partial charge in [0.05, 0.1) is 17.7 Å². The van der Waals surface area contributed by atoms with Crippen molar-refractivity contribution in [2.45, 2.75) is 4.90 Å². The van der Waals surface area contributed by atoms with E-state index < -0.39 is 10.0 Å². The molecule has 1 heterocycles. The highest BCUT2D eigenvalue weighted by atomic mass is 32.2. The van der Waals surface area contributed by atoms with Gasteiger partial charge in [-0.25, -0.2) is 13.4 Å². The van der Waals surface area contributed by atoms with Gasteiger partial charge in [0.15, 0.2) is 5.13 Å². The molecule has 0 fully saturated rings. The lowest BCUT2D eigenvalue weighted by Crippen LogP contribution is -2.13. The van der Waals surface area contributed by atoms with Crippen LogP contribution in [0.15, 0.2) is 34.7 Å². The van der Waals surface area contributed by atoms with Gasteiger partial charge in [-0.05, 0) is 18.2 Å². The van der Waals surface area contributed by atoms with Gasteiger partial charge >= 0.3 is 0 Å².